The number of aromatic hydroxyl groups is 2. The summed E-state index contributed by atoms with van der Waals surface area (Å²) in [6.45, 7) is 28.6. The maximum Gasteiger partial charge on any atom is 0.154 e. The van der Waals surface area contributed by atoms with Crippen LogP contribution in [0.25, 0.3) is 0 Å². The Balaban J connectivity index is -0.0000000776. The summed E-state index contributed by atoms with van der Waals surface area (Å²) >= 11 is 0. The lowest BCUT2D eigenvalue weighted by molar-refractivity contribution is -0.123. The van der Waals surface area contributed by atoms with Crippen LogP contribution in [0.15, 0.2) is 121 Å². The molecule has 0 aromatic heterocycles. The molecule has 0 unspecified atom stereocenters. The number of hydrogen-bond acceptors (Lipinski definition) is 13. The SMILES string of the molecule is CC=O.CC=O.CCO.CCO.CCO.CCOC(C)OCC.CCOC(C)OCC.CCOc1ccccc1.CCOc1ccccc1.O.O.Oc1ccccc1.Oc1ccccc1. The van der Waals surface area contributed by atoms with E-state index in [-0.39, 0.29) is 43.4 Å². The molecule has 0 heterocycles. The van der Waals surface area contributed by atoms with Gasteiger partial charge in [0.15, 0.2) is 12.6 Å². The van der Waals surface area contributed by atoms with Gasteiger partial charge in [0.2, 0.25) is 0 Å². The molecule has 0 bridgehead atoms. The molecular weight excluding hydrogens is 841 g/mol. The smallest absolute Gasteiger partial charge is 0.154 e. The number of aldehydes is 2. The summed E-state index contributed by atoms with van der Waals surface area (Å²) in [6, 6.07) is 37.0. The number of aliphatic hydroxyl groups excluding tert-OH is 3. The Hall–Kier alpha value is -4.94. The molecule has 15 nitrogen and oxygen atoms in total. The second-order valence-corrected chi connectivity index (χ2v) is 10.5. The molecule has 4 aromatic rings. The van der Waals surface area contributed by atoms with Crippen molar-refractivity contribution in [3.8, 4) is 23.0 Å². The molecule has 0 spiro atoms. The molecule has 4 aromatic carbocycles. The van der Waals surface area contributed by atoms with Gasteiger partial charge < -0.3 is 74.5 Å². The standard InChI is InChI=1S/2C8H10O.2C6H14O2.2C6H6O.3C2H6O.2C2H4O.2H2O/c2*1-2-9-8-6-4-3-5-7-8;2*1-4-7-6(3)8-5-2;2*7-6-4-2-1-3-5-6;5*1-2-3;;/h2*3-7H,2H2,1H3;2*6H,4-5H2,1-3H3;2*1-5,7H;3*3H,2H2,1H3;2*2H,1H3;2*1H2. The van der Waals surface area contributed by atoms with Gasteiger partial charge in [-0.1, -0.05) is 72.8 Å². The highest BCUT2D eigenvalue weighted by molar-refractivity contribution is 5.44. The third-order valence-corrected chi connectivity index (χ3v) is 5.23. The number of carbonyl (C=O) groups excluding carboxylic acids is 2. The Kier molecular flexibility index (Phi) is 98.2. The van der Waals surface area contributed by atoms with Crippen LogP contribution >= 0.6 is 0 Å². The van der Waals surface area contributed by atoms with E-state index in [1.807, 2.05) is 128 Å². The van der Waals surface area contributed by atoms with Crippen molar-refractivity contribution >= 4 is 12.6 Å². The van der Waals surface area contributed by atoms with Crippen molar-refractivity contribution in [2.24, 2.45) is 0 Å². The maximum atomic E-state index is 8.81. The summed E-state index contributed by atoms with van der Waals surface area (Å²) in [7, 11) is 0. The maximum absolute atomic E-state index is 8.81. The van der Waals surface area contributed by atoms with Crippen LogP contribution in [0.4, 0.5) is 0 Å². The van der Waals surface area contributed by atoms with Crippen molar-refractivity contribution in [2.75, 3.05) is 59.5 Å². The molecule has 380 valence electrons. The summed E-state index contributed by atoms with van der Waals surface area (Å²) in [4.78, 5) is 17.6. The highest BCUT2D eigenvalue weighted by Crippen LogP contribution is 2.08. The Morgan fingerprint density at radius 1 is 0.400 bits per heavy atom. The molecule has 0 aliphatic heterocycles. The van der Waals surface area contributed by atoms with Crippen LogP contribution in [0.2, 0.25) is 0 Å². The largest absolute Gasteiger partial charge is 0.508 e. The molecular formula is C50H90O15. The van der Waals surface area contributed by atoms with Gasteiger partial charge >= 0.3 is 0 Å². The molecule has 0 aliphatic carbocycles. The van der Waals surface area contributed by atoms with Crippen molar-refractivity contribution < 1.29 is 74.5 Å². The third-order valence-electron chi connectivity index (χ3n) is 5.23. The molecule has 0 saturated heterocycles. The lowest BCUT2D eigenvalue weighted by Gasteiger charge is -2.09. The highest BCUT2D eigenvalue weighted by Gasteiger charge is 1.95. The topological polar surface area (TPSA) is 254 Å². The number of benzene rings is 4. The fourth-order valence-corrected chi connectivity index (χ4v) is 3.26. The van der Waals surface area contributed by atoms with E-state index in [9.17, 15) is 0 Å². The van der Waals surface area contributed by atoms with Crippen LogP contribution < -0.4 is 9.47 Å². The van der Waals surface area contributed by atoms with E-state index in [1.165, 1.54) is 13.8 Å². The number of hydrogen-bond donors (Lipinski definition) is 5. The molecule has 0 amide bonds. The second kappa shape index (κ2) is 79.4. The minimum absolute atomic E-state index is 0. The molecule has 15 heteroatoms. The average Bonchev–Trinajstić information content (AvgIpc) is 3.26. The number of ether oxygens (including phenoxy) is 6. The van der Waals surface area contributed by atoms with Crippen LogP contribution in [-0.4, -0.2) is 121 Å². The predicted molar refractivity (Wildman–Crippen MR) is 266 cm³/mol. The molecule has 0 saturated carbocycles. The molecule has 4 rings (SSSR count). The zero-order valence-electron chi connectivity index (χ0n) is 41.7. The first-order valence-electron chi connectivity index (χ1n) is 21.3. The van der Waals surface area contributed by atoms with Gasteiger partial charge in [0.05, 0.1) is 13.2 Å². The van der Waals surface area contributed by atoms with Crippen LogP contribution in [0.3, 0.4) is 0 Å². The van der Waals surface area contributed by atoms with E-state index < -0.39 is 0 Å². The van der Waals surface area contributed by atoms with E-state index in [1.54, 1.807) is 69.3 Å². The predicted octanol–water partition coefficient (Wildman–Crippen LogP) is 8.52. The monoisotopic (exact) mass is 931 g/mol. The van der Waals surface area contributed by atoms with E-state index >= 15 is 0 Å². The number of carbonyl (C=O) groups is 2. The molecule has 65 heavy (non-hydrogen) atoms. The van der Waals surface area contributed by atoms with Crippen molar-refractivity contribution in [1.29, 1.82) is 0 Å². The van der Waals surface area contributed by atoms with Crippen LogP contribution in [0.1, 0.15) is 90.0 Å². The fraction of sp³-hybridized carbons (Fsp3) is 0.480. The normalized spacial score (nSPS) is 8.15. The Morgan fingerprint density at radius 2 is 0.569 bits per heavy atom. The number of aliphatic hydroxyl groups is 3. The van der Waals surface area contributed by atoms with Gasteiger partial charge in [0, 0.05) is 46.2 Å². The summed E-state index contributed by atoms with van der Waals surface area (Å²) in [5.41, 5.74) is 0. The van der Waals surface area contributed by atoms with Crippen LogP contribution in [0, 0.1) is 0 Å². The van der Waals surface area contributed by atoms with Gasteiger partial charge in [-0.15, -0.1) is 0 Å². The summed E-state index contributed by atoms with van der Waals surface area (Å²) in [6.07, 6.45) is 1.43. The quantitative estimate of drug-likeness (QED) is 0.0660. The summed E-state index contributed by atoms with van der Waals surface area (Å²) in [5.74, 6) is 2.53. The summed E-state index contributed by atoms with van der Waals surface area (Å²) < 4.78 is 30.7. The number of rotatable bonds is 12. The number of phenols is 2. The first-order chi connectivity index (χ1) is 30.3. The molecule has 0 aliphatic rings. The molecule has 9 N–H and O–H groups in total. The van der Waals surface area contributed by atoms with Crippen LogP contribution in [0.5, 0.6) is 23.0 Å². The highest BCUT2D eigenvalue weighted by atomic mass is 16.7. The van der Waals surface area contributed by atoms with E-state index in [2.05, 4.69) is 0 Å². The molecule has 0 radical (unpaired) electrons. The van der Waals surface area contributed by atoms with Gasteiger partial charge in [-0.05, 0) is 139 Å². The Bertz CT molecular complexity index is 1180. The van der Waals surface area contributed by atoms with Gasteiger partial charge in [0.1, 0.15) is 35.6 Å². The molecule has 0 atom stereocenters. The van der Waals surface area contributed by atoms with E-state index in [0.29, 0.717) is 11.5 Å². The van der Waals surface area contributed by atoms with Crippen molar-refractivity contribution in [2.45, 2.75) is 103 Å². The lowest BCUT2D eigenvalue weighted by Crippen LogP contribution is -2.11. The van der Waals surface area contributed by atoms with E-state index in [4.69, 9.17) is 63.5 Å². The van der Waals surface area contributed by atoms with Gasteiger partial charge in [-0.2, -0.15) is 0 Å². The minimum Gasteiger partial charge on any atom is -0.508 e. The van der Waals surface area contributed by atoms with Crippen molar-refractivity contribution in [3.05, 3.63) is 121 Å². The summed E-state index contributed by atoms with van der Waals surface area (Å²) in [5, 5.41) is 40.0. The van der Waals surface area contributed by atoms with Gasteiger partial charge in [-0.25, -0.2) is 0 Å². The van der Waals surface area contributed by atoms with Crippen molar-refractivity contribution in [3.63, 3.8) is 0 Å². The first kappa shape index (κ1) is 80.4. The third kappa shape index (κ3) is 94.7. The van der Waals surface area contributed by atoms with Crippen LogP contribution in [-0.2, 0) is 28.5 Å². The second-order valence-electron chi connectivity index (χ2n) is 10.5. The van der Waals surface area contributed by atoms with Gasteiger partial charge in [-0.3, -0.25) is 0 Å². The Morgan fingerprint density at radius 3 is 0.692 bits per heavy atom. The molecule has 0 fully saturated rings. The Labute approximate surface area is 392 Å². The number of para-hydroxylation sites is 4. The first-order valence-corrected chi connectivity index (χ1v) is 21.3. The zero-order valence-corrected chi connectivity index (χ0v) is 41.7. The number of phenolic OH excluding ortho intramolecular Hbond substituents is 2. The lowest BCUT2D eigenvalue weighted by atomic mass is 10.3. The zero-order chi connectivity index (χ0) is 49.6. The average molecular weight is 931 g/mol. The van der Waals surface area contributed by atoms with E-state index in [0.717, 1.165) is 63.7 Å². The fourth-order valence-electron chi connectivity index (χ4n) is 3.26. The van der Waals surface area contributed by atoms with Gasteiger partial charge in [0.25, 0.3) is 0 Å². The minimum atomic E-state index is -0.0370. The van der Waals surface area contributed by atoms with Crippen molar-refractivity contribution in [1.82, 2.24) is 0 Å².